The van der Waals surface area contributed by atoms with Crippen LogP contribution >= 0.6 is 0 Å². The number of para-hydroxylation sites is 1. The van der Waals surface area contributed by atoms with Crippen molar-refractivity contribution in [2.75, 3.05) is 22.5 Å². The van der Waals surface area contributed by atoms with E-state index >= 15 is 0 Å². The highest BCUT2D eigenvalue weighted by Gasteiger charge is 2.27. The topological polar surface area (TPSA) is 58.4 Å². The minimum atomic E-state index is -0.0164. The second kappa shape index (κ2) is 5.72. The fourth-order valence-corrected chi connectivity index (χ4v) is 2.99. The van der Waals surface area contributed by atoms with Crippen LogP contribution in [0.1, 0.15) is 18.1 Å². The van der Waals surface area contributed by atoms with Gasteiger partial charge in [-0.05, 0) is 49.6 Å². The van der Waals surface area contributed by atoms with Gasteiger partial charge in [0.2, 0.25) is 5.91 Å². The van der Waals surface area contributed by atoms with Crippen molar-refractivity contribution in [2.45, 2.75) is 26.3 Å². The molecule has 2 aromatic rings. The highest BCUT2D eigenvalue weighted by atomic mass is 16.2. The predicted molar refractivity (Wildman–Crippen MR) is 91.2 cm³/mol. The number of rotatable bonds is 3. The normalized spacial score (nSPS) is 16.5. The second-order valence-electron chi connectivity index (χ2n) is 5.93. The molecule has 0 bridgehead atoms. The summed E-state index contributed by atoms with van der Waals surface area (Å²) in [7, 11) is 0. The number of aryl methyl sites for hydroxylation is 1. The van der Waals surface area contributed by atoms with Gasteiger partial charge in [-0.1, -0.05) is 24.3 Å². The summed E-state index contributed by atoms with van der Waals surface area (Å²) in [6.45, 7) is 4.47. The van der Waals surface area contributed by atoms with Crippen LogP contribution in [0.25, 0.3) is 0 Å². The van der Waals surface area contributed by atoms with Crippen LogP contribution in [0.5, 0.6) is 0 Å². The molecule has 22 heavy (non-hydrogen) atoms. The van der Waals surface area contributed by atoms with Gasteiger partial charge in [0.05, 0.1) is 6.54 Å². The number of nitrogens with two attached hydrogens (primary N) is 1. The first-order chi connectivity index (χ1) is 10.5. The summed E-state index contributed by atoms with van der Waals surface area (Å²) in [6, 6.07) is 14.2. The number of anilines is 3. The highest BCUT2D eigenvalue weighted by molar-refractivity contribution is 5.95. The van der Waals surface area contributed by atoms with Crippen molar-refractivity contribution in [1.29, 1.82) is 0 Å². The fourth-order valence-electron chi connectivity index (χ4n) is 2.99. The molecule has 0 aromatic heterocycles. The Morgan fingerprint density at radius 3 is 2.91 bits per heavy atom. The van der Waals surface area contributed by atoms with Crippen molar-refractivity contribution in [3.63, 3.8) is 0 Å². The molecular weight excluding hydrogens is 274 g/mol. The number of nitrogens with zero attached hydrogens (tertiary/aromatic N) is 1. The first kappa shape index (κ1) is 14.4. The van der Waals surface area contributed by atoms with Crippen molar-refractivity contribution in [3.8, 4) is 0 Å². The number of hydrogen-bond donors (Lipinski definition) is 2. The Morgan fingerprint density at radius 1 is 1.32 bits per heavy atom. The maximum atomic E-state index is 12.4. The fraction of sp³-hybridized carbons (Fsp3) is 0.278. The van der Waals surface area contributed by atoms with Crippen LogP contribution in [0.2, 0.25) is 0 Å². The SMILES string of the molecule is Cc1ccc(N)cc1NC(=O)CN1c2ccccc2CC1C. The Labute approximate surface area is 130 Å². The molecule has 1 aliphatic heterocycles. The molecule has 2 aromatic carbocycles. The van der Waals surface area contributed by atoms with E-state index in [4.69, 9.17) is 5.73 Å². The molecule has 1 atom stereocenters. The van der Waals surface area contributed by atoms with Gasteiger partial charge in [-0.25, -0.2) is 0 Å². The lowest BCUT2D eigenvalue weighted by Crippen LogP contribution is -2.37. The molecule has 3 rings (SSSR count). The first-order valence-electron chi connectivity index (χ1n) is 7.55. The lowest BCUT2D eigenvalue weighted by Gasteiger charge is -2.24. The summed E-state index contributed by atoms with van der Waals surface area (Å²) < 4.78 is 0. The zero-order chi connectivity index (χ0) is 15.7. The Morgan fingerprint density at radius 2 is 2.09 bits per heavy atom. The number of benzene rings is 2. The minimum Gasteiger partial charge on any atom is -0.399 e. The van der Waals surface area contributed by atoms with Crippen LogP contribution in [0.15, 0.2) is 42.5 Å². The first-order valence-corrected chi connectivity index (χ1v) is 7.55. The number of nitrogens with one attached hydrogen (secondary N) is 1. The number of amides is 1. The molecule has 1 unspecified atom stereocenters. The number of carbonyl (C=O) groups excluding carboxylic acids is 1. The van der Waals surface area contributed by atoms with Crippen molar-refractivity contribution in [3.05, 3.63) is 53.6 Å². The smallest absolute Gasteiger partial charge is 0.243 e. The zero-order valence-electron chi connectivity index (χ0n) is 13.0. The third-order valence-corrected chi connectivity index (χ3v) is 4.20. The molecule has 0 radical (unpaired) electrons. The summed E-state index contributed by atoms with van der Waals surface area (Å²) >= 11 is 0. The van der Waals surface area contributed by atoms with Gasteiger partial charge in [0.25, 0.3) is 0 Å². The Balaban J connectivity index is 1.73. The summed E-state index contributed by atoms with van der Waals surface area (Å²) in [5.74, 6) is -0.0164. The maximum absolute atomic E-state index is 12.4. The molecule has 4 nitrogen and oxygen atoms in total. The van der Waals surface area contributed by atoms with Crippen molar-refractivity contribution < 1.29 is 4.79 Å². The van der Waals surface area contributed by atoms with Gasteiger partial charge in [0, 0.05) is 23.1 Å². The van der Waals surface area contributed by atoms with E-state index in [0.29, 0.717) is 18.3 Å². The van der Waals surface area contributed by atoms with Crippen molar-refractivity contribution in [1.82, 2.24) is 0 Å². The lowest BCUT2D eigenvalue weighted by atomic mass is 10.1. The Bertz CT molecular complexity index is 711. The average Bonchev–Trinajstić information content (AvgIpc) is 2.79. The van der Waals surface area contributed by atoms with E-state index < -0.39 is 0 Å². The number of carbonyl (C=O) groups is 1. The van der Waals surface area contributed by atoms with Crippen LogP contribution in [0, 0.1) is 6.92 Å². The molecule has 3 N–H and O–H groups in total. The molecule has 0 saturated heterocycles. The van der Waals surface area contributed by atoms with Crippen LogP contribution in [0.3, 0.4) is 0 Å². The quantitative estimate of drug-likeness (QED) is 0.856. The van der Waals surface area contributed by atoms with E-state index in [-0.39, 0.29) is 5.91 Å². The summed E-state index contributed by atoms with van der Waals surface area (Å²) in [4.78, 5) is 14.6. The van der Waals surface area contributed by atoms with E-state index in [1.54, 1.807) is 6.07 Å². The van der Waals surface area contributed by atoms with Gasteiger partial charge in [-0.2, -0.15) is 0 Å². The molecule has 0 fully saturated rings. The third kappa shape index (κ3) is 2.77. The maximum Gasteiger partial charge on any atom is 0.243 e. The largest absolute Gasteiger partial charge is 0.399 e. The molecular formula is C18H21N3O. The summed E-state index contributed by atoms with van der Waals surface area (Å²) in [5, 5.41) is 2.97. The predicted octanol–water partition coefficient (Wildman–Crippen LogP) is 2.97. The number of nitrogen functional groups attached to an aromatic ring is 1. The summed E-state index contributed by atoms with van der Waals surface area (Å²) in [5.41, 5.74) is 10.7. The third-order valence-electron chi connectivity index (χ3n) is 4.20. The van der Waals surface area contributed by atoms with E-state index in [2.05, 4.69) is 29.3 Å². The molecule has 1 aliphatic rings. The second-order valence-corrected chi connectivity index (χ2v) is 5.93. The van der Waals surface area contributed by atoms with Crippen LogP contribution < -0.4 is 16.0 Å². The van der Waals surface area contributed by atoms with E-state index in [1.165, 1.54) is 5.56 Å². The zero-order valence-corrected chi connectivity index (χ0v) is 13.0. The molecule has 0 aliphatic carbocycles. The van der Waals surface area contributed by atoms with Crippen LogP contribution in [-0.4, -0.2) is 18.5 Å². The van der Waals surface area contributed by atoms with E-state index in [9.17, 15) is 4.79 Å². The lowest BCUT2D eigenvalue weighted by molar-refractivity contribution is -0.115. The minimum absolute atomic E-state index is 0.0164. The van der Waals surface area contributed by atoms with Gasteiger partial charge >= 0.3 is 0 Å². The standard InChI is InChI=1S/C18H21N3O/c1-12-7-8-15(19)10-16(12)20-18(22)11-21-13(2)9-14-5-3-4-6-17(14)21/h3-8,10,13H,9,11,19H2,1-2H3,(H,20,22). The summed E-state index contributed by atoms with van der Waals surface area (Å²) in [6.07, 6.45) is 0.987. The van der Waals surface area contributed by atoms with E-state index in [1.807, 2.05) is 31.2 Å². The molecule has 0 saturated carbocycles. The van der Waals surface area contributed by atoms with E-state index in [0.717, 1.165) is 23.4 Å². The monoisotopic (exact) mass is 295 g/mol. The number of hydrogen-bond acceptors (Lipinski definition) is 3. The molecule has 1 amide bonds. The molecule has 0 spiro atoms. The van der Waals surface area contributed by atoms with Gasteiger partial charge in [-0.15, -0.1) is 0 Å². The Kier molecular flexibility index (Phi) is 3.75. The van der Waals surface area contributed by atoms with Gasteiger partial charge in [0.15, 0.2) is 0 Å². The molecule has 4 heteroatoms. The van der Waals surface area contributed by atoms with Gasteiger partial charge in [-0.3, -0.25) is 4.79 Å². The number of fused-ring (bicyclic) bond motifs is 1. The Hall–Kier alpha value is -2.49. The molecule has 114 valence electrons. The van der Waals surface area contributed by atoms with Gasteiger partial charge in [0.1, 0.15) is 0 Å². The van der Waals surface area contributed by atoms with Crippen molar-refractivity contribution >= 4 is 23.0 Å². The van der Waals surface area contributed by atoms with Gasteiger partial charge < -0.3 is 16.0 Å². The highest BCUT2D eigenvalue weighted by Crippen LogP contribution is 2.31. The average molecular weight is 295 g/mol. The van der Waals surface area contributed by atoms with Crippen molar-refractivity contribution in [2.24, 2.45) is 0 Å². The molecule has 1 heterocycles. The van der Waals surface area contributed by atoms with Crippen LogP contribution in [0.4, 0.5) is 17.1 Å². The van der Waals surface area contributed by atoms with Crippen LogP contribution in [-0.2, 0) is 11.2 Å².